The molecule has 1 saturated heterocycles. The number of guanidine groups is 1. The lowest BCUT2D eigenvalue weighted by molar-refractivity contribution is 0.0170. The molecule has 3 rings (SSSR count). The summed E-state index contributed by atoms with van der Waals surface area (Å²) in [5.74, 6) is 1.62. The fourth-order valence-corrected chi connectivity index (χ4v) is 3.19. The minimum absolute atomic E-state index is 0.267. The quantitative estimate of drug-likeness (QED) is 0.579. The number of hydrogen-bond acceptors (Lipinski definition) is 5. The fraction of sp³-hybridized carbons (Fsp3) is 0.526. The van der Waals surface area contributed by atoms with Crippen LogP contribution in [0.5, 0.6) is 0 Å². The minimum atomic E-state index is 0.267. The predicted octanol–water partition coefficient (Wildman–Crippen LogP) is 0.862. The van der Waals surface area contributed by atoms with Crippen LogP contribution in [0.15, 0.2) is 35.6 Å². The van der Waals surface area contributed by atoms with Crippen molar-refractivity contribution in [1.82, 2.24) is 30.3 Å². The van der Waals surface area contributed by atoms with Gasteiger partial charge in [-0.05, 0) is 12.5 Å². The first kappa shape index (κ1) is 19.3. The number of benzene rings is 1. The molecule has 2 heterocycles. The van der Waals surface area contributed by atoms with Gasteiger partial charge in [-0.3, -0.25) is 14.6 Å². The Labute approximate surface area is 160 Å². The smallest absolute Gasteiger partial charge is 0.191 e. The Morgan fingerprint density at radius 2 is 1.96 bits per heavy atom. The van der Waals surface area contributed by atoms with Crippen LogP contribution in [0.4, 0.5) is 0 Å². The summed E-state index contributed by atoms with van der Waals surface area (Å²) >= 11 is 0. The highest BCUT2D eigenvalue weighted by Gasteiger charge is 2.22. The number of ether oxygens (including phenoxy) is 1. The summed E-state index contributed by atoms with van der Waals surface area (Å²) in [5, 5.41) is 10.9. The maximum absolute atomic E-state index is 5.53. The molecule has 1 aliphatic rings. The number of nitrogens with zero attached hydrogens (tertiary/aromatic N) is 5. The zero-order chi connectivity index (χ0) is 19.1. The second kappa shape index (κ2) is 9.48. The van der Waals surface area contributed by atoms with Crippen LogP contribution >= 0.6 is 0 Å². The molecule has 146 valence electrons. The van der Waals surface area contributed by atoms with Gasteiger partial charge >= 0.3 is 0 Å². The van der Waals surface area contributed by atoms with Crippen LogP contribution in [0, 0.1) is 6.92 Å². The molecule has 0 aliphatic carbocycles. The molecular formula is C19H29N7O. The Morgan fingerprint density at radius 3 is 2.59 bits per heavy atom. The third kappa shape index (κ3) is 5.27. The maximum Gasteiger partial charge on any atom is 0.191 e. The van der Waals surface area contributed by atoms with Crippen LogP contribution < -0.4 is 10.6 Å². The van der Waals surface area contributed by atoms with E-state index in [0.29, 0.717) is 6.54 Å². The van der Waals surface area contributed by atoms with Gasteiger partial charge in [-0.15, -0.1) is 0 Å². The molecular weight excluding hydrogens is 342 g/mol. The van der Waals surface area contributed by atoms with Gasteiger partial charge in [-0.25, -0.2) is 4.98 Å². The Kier molecular flexibility index (Phi) is 6.78. The largest absolute Gasteiger partial charge is 0.379 e. The Bertz CT molecular complexity index is 735. The summed E-state index contributed by atoms with van der Waals surface area (Å²) in [6, 6.07) is 9.04. The van der Waals surface area contributed by atoms with E-state index in [-0.39, 0.29) is 6.04 Å². The molecule has 27 heavy (non-hydrogen) atoms. The van der Waals surface area contributed by atoms with Gasteiger partial charge in [0.1, 0.15) is 12.2 Å². The number of aliphatic imine (C=N–C) groups is 1. The molecule has 1 aromatic heterocycles. The first-order valence-corrected chi connectivity index (χ1v) is 9.33. The molecule has 0 saturated carbocycles. The van der Waals surface area contributed by atoms with E-state index < -0.39 is 0 Å². The van der Waals surface area contributed by atoms with Gasteiger partial charge in [-0.2, -0.15) is 5.10 Å². The monoisotopic (exact) mass is 371 g/mol. The van der Waals surface area contributed by atoms with E-state index in [1.54, 1.807) is 18.1 Å². The fourth-order valence-electron chi connectivity index (χ4n) is 3.19. The van der Waals surface area contributed by atoms with Crippen molar-refractivity contribution in [1.29, 1.82) is 0 Å². The maximum atomic E-state index is 5.53. The Hall–Kier alpha value is -2.45. The molecule has 1 fully saturated rings. The second-order valence-corrected chi connectivity index (χ2v) is 6.68. The molecule has 8 heteroatoms. The molecule has 2 aromatic rings. The van der Waals surface area contributed by atoms with Gasteiger partial charge in [0.25, 0.3) is 0 Å². The summed E-state index contributed by atoms with van der Waals surface area (Å²) in [7, 11) is 3.66. The van der Waals surface area contributed by atoms with Crippen LogP contribution in [0.25, 0.3) is 0 Å². The van der Waals surface area contributed by atoms with Crippen molar-refractivity contribution in [2.75, 3.05) is 39.9 Å². The van der Waals surface area contributed by atoms with E-state index in [1.807, 2.05) is 7.05 Å². The van der Waals surface area contributed by atoms with E-state index in [9.17, 15) is 0 Å². The summed E-state index contributed by atoms with van der Waals surface area (Å²) in [4.78, 5) is 11.0. The molecule has 2 N–H and O–H groups in total. The molecule has 0 spiro atoms. The summed E-state index contributed by atoms with van der Waals surface area (Å²) < 4.78 is 7.28. The van der Waals surface area contributed by atoms with Crippen LogP contribution in [0.1, 0.15) is 23.0 Å². The SMILES string of the molecule is CN=C(NCc1ncnn1C)NCC(c1ccc(C)cc1)N1CCOCC1. The van der Waals surface area contributed by atoms with E-state index in [0.717, 1.165) is 44.6 Å². The minimum Gasteiger partial charge on any atom is -0.379 e. The Morgan fingerprint density at radius 1 is 1.22 bits per heavy atom. The number of aryl methyl sites for hydroxylation is 2. The predicted molar refractivity (Wildman–Crippen MR) is 106 cm³/mol. The molecule has 1 atom stereocenters. The van der Waals surface area contributed by atoms with Crippen molar-refractivity contribution in [2.24, 2.45) is 12.0 Å². The topological polar surface area (TPSA) is 79.6 Å². The molecule has 1 unspecified atom stereocenters. The van der Waals surface area contributed by atoms with E-state index in [1.165, 1.54) is 11.1 Å². The van der Waals surface area contributed by atoms with Crippen molar-refractivity contribution in [3.05, 3.63) is 47.5 Å². The molecule has 1 aliphatic heterocycles. The number of morpholine rings is 1. The number of hydrogen-bond donors (Lipinski definition) is 2. The summed E-state index contributed by atoms with van der Waals surface area (Å²) in [5.41, 5.74) is 2.58. The van der Waals surface area contributed by atoms with Gasteiger partial charge in [0.15, 0.2) is 5.96 Å². The number of aromatic nitrogens is 3. The van der Waals surface area contributed by atoms with Crippen molar-refractivity contribution < 1.29 is 4.74 Å². The third-order valence-corrected chi connectivity index (χ3v) is 4.85. The van der Waals surface area contributed by atoms with Gasteiger partial charge in [0.2, 0.25) is 0 Å². The van der Waals surface area contributed by atoms with Gasteiger partial charge < -0.3 is 15.4 Å². The van der Waals surface area contributed by atoms with Crippen LogP contribution in [0.3, 0.4) is 0 Å². The van der Waals surface area contributed by atoms with Gasteiger partial charge in [0, 0.05) is 33.7 Å². The van der Waals surface area contributed by atoms with Crippen LogP contribution in [-0.2, 0) is 18.3 Å². The first-order valence-electron chi connectivity index (χ1n) is 9.33. The standard InChI is InChI=1S/C19H29N7O/c1-15-4-6-16(7-5-15)17(26-8-10-27-11-9-26)12-21-19(20-2)22-13-18-23-14-24-25(18)3/h4-7,14,17H,8-13H2,1-3H3,(H2,20,21,22). The van der Waals surface area contributed by atoms with E-state index in [2.05, 4.69) is 61.8 Å². The zero-order valence-corrected chi connectivity index (χ0v) is 16.4. The summed E-state index contributed by atoms with van der Waals surface area (Å²) in [6.07, 6.45) is 1.55. The number of nitrogens with one attached hydrogen (secondary N) is 2. The van der Waals surface area contributed by atoms with Crippen LogP contribution in [0.2, 0.25) is 0 Å². The number of rotatable bonds is 6. The van der Waals surface area contributed by atoms with Crippen LogP contribution in [-0.4, -0.2) is 65.5 Å². The second-order valence-electron chi connectivity index (χ2n) is 6.68. The normalized spacial score (nSPS) is 16.9. The van der Waals surface area contributed by atoms with Gasteiger partial charge in [0.05, 0.1) is 25.8 Å². The lowest BCUT2D eigenvalue weighted by Gasteiger charge is -2.35. The van der Waals surface area contributed by atoms with Gasteiger partial charge in [-0.1, -0.05) is 29.8 Å². The molecule has 0 amide bonds. The van der Waals surface area contributed by atoms with Crippen molar-refractivity contribution in [3.8, 4) is 0 Å². The van der Waals surface area contributed by atoms with E-state index in [4.69, 9.17) is 4.74 Å². The first-order chi connectivity index (χ1) is 13.2. The molecule has 1 aromatic carbocycles. The summed E-state index contributed by atoms with van der Waals surface area (Å²) in [6.45, 7) is 6.88. The van der Waals surface area contributed by atoms with Crippen molar-refractivity contribution in [3.63, 3.8) is 0 Å². The average molecular weight is 371 g/mol. The zero-order valence-electron chi connectivity index (χ0n) is 16.4. The third-order valence-electron chi connectivity index (χ3n) is 4.85. The molecule has 8 nitrogen and oxygen atoms in total. The van der Waals surface area contributed by atoms with Crippen molar-refractivity contribution >= 4 is 5.96 Å². The lowest BCUT2D eigenvalue weighted by Crippen LogP contribution is -2.46. The average Bonchev–Trinajstić information content (AvgIpc) is 3.11. The van der Waals surface area contributed by atoms with E-state index >= 15 is 0 Å². The Balaban J connectivity index is 1.63. The highest BCUT2D eigenvalue weighted by molar-refractivity contribution is 5.79. The lowest BCUT2D eigenvalue weighted by atomic mass is 10.0. The highest BCUT2D eigenvalue weighted by Crippen LogP contribution is 2.21. The highest BCUT2D eigenvalue weighted by atomic mass is 16.5. The molecule has 0 radical (unpaired) electrons. The molecule has 0 bridgehead atoms. The van der Waals surface area contributed by atoms with Crippen molar-refractivity contribution in [2.45, 2.75) is 19.5 Å².